The number of likely N-dealkylation sites (tertiary alicyclic amines) is 1. The highest BCUT2D eigenvalue weighted by Gasteiger charge is 2.34. The number of carbonyl (C=O) groups is 1. The predicted octanol–water partition coefficient (Wildman–Crippen LogP) is 6.15. The Labute approximate surface area is 189 Å². The zero-order valence-electron chi connectivity index (χ0n) is 17.2. The summed E-state index contributed by atoms with van der Waals surface area (Å²) in [4.78, 5) is 22.4. The average molecular weight is 463 g/mol. The molecular formula is C22H21Cl2FN4O2. The fourth-order valence-electron chi connectivity index (χ4n) is 3.34. The first-order valence-corrected chi connectivity index (χ1v) is 10.5. The van der Waals surface area contributed by atoms with Gasteiger partial charge in [-0.05, 0) is 50.6 Å². The molecule has 1 aliphatic heterocycles. The number of hydrogen-bond donors (Lipinski definition) is 1. The molecular weight excluding hydrogens is 442 g/mol. The molecule has 0 atom stereocenters. The van der Waals surface area contributed by atoms with E-state index in [1.54, 1.807) is 4.90 Å². The number of carbonyl (C=O) groups excluding carboxylic acids is 1. The number of rotatable bonds is 3. The molecule has 1 N–H and O–H groups in total. The van der Waals surface area contributed by atoms with Crippen molar-refractivity contribution in [3.8, 4) is 0 Å². The predicted molar refractivity (Wildman–Crippen MR) is 120 cm³/mol. The molecule has 0 bridgehead atoms. The summed E-state index contributed by atoms with van der Waals surface area (Å²) in [5, 5.41) is 3.71. The first-order valence-electron chi connectivity index (χ1n) is 9.75. The monoisotopic (exact) mass is 462 g/mol. The molecule has 1 saturated heterocycles. The Kier molecular flexibility index (Phi) is 5.66. The number of halogens is 3. The van der Waals surface area contributed by atoms with Crippen molar-refractivity contribution >= 4 is 51.7 Å². The van der Waals surface area contributed by atoms with Crippen molar-refractivity contribution in [2.45, 2.75) is 32.3 Å². The van der Waals surface area contributed by atoms with Gasteiger partial charge in [0.25, 0.3) is 0 Å². The molecule has 0 unspecified atom stereocenters. The van der Waals surface area contributed by atoms with E-state index in [9.17, 15) is 9.18 Å². The smallest absolute Gasteiger partial charge is 0.410 e. The third-order valence-corrected chi connectivity index (χ3v) is 5.73. The number of benzene rings is 2. The lowest BCUT2D eigenvalue weighted by Crippen LogP contribution is -2.50. The Morgan fingerprint density at radius 2 is 1.94 bits per heavy atom. The molecule has 0 radical (unpaired) electrons. The molecule has 4 rings (SSSR count). The minimum absolute atomic E-state index is 0.138. The van der Waals surface area contributed by atoms with Crippen LogP contribution in [0.5, 0.6) is 0 Å². The van der Waals surface area contributed by atoms with Crippen LogP contribution in [0.3, 0.4) is 0 Å². The fraction of sp³-hybridized carbons (Fsp3) is 0.318. The van der Waals surface area contributed by atoms with Crippen LogP contribution in [0.25, 0.3) is 10.9 Å². The lowest BCUT2D eigenvalue weighted by Gasteiger charge is -2.40. The average Bonchev–Trinajstić information content (AvgIpc) is 2.66. The van der Waals surface area contributed by atoms with Crippen LogP contribution in [-0.2, 0) is 4.74 Å². The number of aromatic nitrogens is 2. The largest absolute Gasteiger partial charge is 0.444 e. The fourth-order valence-corrected chi connectivity index (χ4v) is 3.65. The van der Waals surface area contributed by atoms with E-state index in [4.69, 9.17) is 27.9 Å². The quantitative estimate of drug-likeness (QED) is 0.472. The molecule has 2 heterocycles. The van der Waals surface area contributed by atoms with Gasteiger partial charge < -0.3 is 15.0 Å². The van der Waals surface area contributed by atoms with Gasteiger partial charge in [0, 0.05) is 24.4 Å². The minimum atomic E-state index is -0.649. The highest BCUT2D eigenvalue weighted by Crippen LogP contribution is 2.34. The van der Waals surface area contributed by atoms with E-state index in [0.29, 0.717) is 24.4 Å². The Bertz CT molecular complexity index is 1160. The summed E-state index contributed by atoms with van der Waals surface area (Å²) < 4.78 is 19.9. The number of nitrogens with one attached hydrogen (secondary N) is 1. The summed E-state index contributed by atoms with van der Waals surface area (Å²) in [5.41, 5.74) is 1.40. The molecule has 1 amide bonds. The Balaban J connectivity index is 1.56. The van der Waals surface area contributed by atoms with Crippen LogP contribution in [0.2, 0.25) is 10.0 Å². The van der Waals surface area contributed by atoms with Gasteiger partial charge in [-0.2, -0.15) is 0 Å². The van der Waals surface area contributed by atoms with E-state index in [2.05, 4.69) is 15.3 Å². The van der Waals surface area contributed by atoms with Crippen molar-refractivity contribution in [1.82, 2.24) is 14.9 Å². The van der Waals surface area contributed by atoms with Gasteiger partial charge in [-0.25, -0.2) is 19.2 Å². The van der Waals surface area contributed by atoms with Crippen molar-refractivity contribution in [2.24, 2.45) is 0 Å². The van der Waals surface area contributed by atoms with E-state index < -0.39 is 11.4 Å². The molecule has 31 heavy (non-hydrogen) atoms. The minimum Gasteiger partial charge on any atom is -0.444 e. The maximum atomic E-state index is 14.5. The molecule has 1 fully saturated rings. The van der Waals surface area contributed by atoms with Gasteiger partial charge in [0.1, 0.15) is 17.7 Å². The zero-order valence-corrected chi connectivity index (χ0v) is 18.8. The SMILES string of the molecule is CC(C)(C)OC(=O)N1CC(c2ccc3ncnc(Nc4ccc(Cl)c(Cl)c4F)c3c2)C1. The van der Waals surface area contributed by atoms with Crippen LogP contribution in [0.4, 0.5) is 20.7 Å². The van der Waals surface area contributed by atoms with Crippen molar-refractivity contribution in [3.63, 3.8) is 0 Å². The molecule has 0 aliphatic carbocycles. The molecule has 1 aliphatic rings. The van der Waals surface area contributed by atoms with Gasteiger partial charge in [0.05, 0.1) is 21.2 Å². The van der Waals surface area contributed by atoms with E-state index in [-0.39, 0.29) is 27.7 Å². The summed E-state index contributed by atoms with van der Waals surface area (Å²) >= 11 is 11.8. The molecule has 0 spiro atoms. The molecule has 162 valence electrons. The number of hydrogen-bond acceptors (Lipinski definition) is 5. The van der Waals surface area contributed by atoms with E-state index in [1.807, 2.05) is 39.0 Å². The number of amides is 1. The highest BCUT2D eigenvalue weighted by atomic mass is 35.5. The number of ether oxygens (including phenoxy) is 1. The second-order valence-corrected chi connectivity index (χ2v) is 9.21. The standard InChI is InChI=1S/C22H21Cl2FN4O2/c1-22(2,3)31-21(30)29-9-13(10-29)12-4-6-16-14(8-12)20(27-11-26-16)28-17-7-5-15(23)18(24)19(17)25/h4-8,11,13H,9-10H2,1-3H3,(H,26,27,28). The van der Waals surface area contributed by atoms with Crippen molar-refractivity contribution < 1.29 is 13.9 Å². The van der Waals surface area contributed by atoms with Crippen LogP contribution in [-0.4, -0.2) is 39.7 Å². The number of nitrogens with zero attached hydrogens (tertiary/aromatic N) is 3. The third-order valence-electron chi connectivity index (χ3n) is 4.95. The van der Waals surface area contributed by atoms with Gasteiger partial charge in [-0.15, -0.1) is 0 Å². The lowest BCUT2D eigenvalue weighted by molar-refractivity contribution is 0.00820. The first kappa shape index (κ1) is 21.6. The number of anilines is 2. The van der Waals surface area contributed by atoms with Gasteiger partial charge in [-0.3, -0.25) is 0 Å². The summed E-state index contributed by atoms with van der Waals surface area (Å²) in [5.74, 6) is -0.0248. The molecule has 9 heteroatoms. The maximum Gasteiger partial charge on any atom is 0.410 e. The second-order valence-electron chi connectivity index (χ2n) is 8.43. The van der Waals surface area contributed by atoms with Gasteiger partial charge >= 0.3 is 6.09 Å². The van der Waals surface area contributed by atoms with E-state index >= 15 is 0 Å². The maximum absolute atomic E-state index is 14.5. The lowest BCUT2D eigenvalue weighted by atomic mass is 9.91. The Morgan fingerprint density at radius 1 is 1.19 bits per heavy atom. The van der Waals surface area contributed by atoms with Gasteiger partial charge in [0.15, 0.2) is 5.82 Å². The van der Waals surface area contributed by atoms with Crippen LogP contribution < -0.4 is 5.32 Å². The topological polar surface area (TPSA) is 67.3 Å². The van der Waals surface area contributed by atoms with E-state index in [0.717, 1.165) is 10.9 Å². The van der Waals surface area contributed by atoms with Crippen molar-refractivity contribution in [3.05, 3.63) is 58.1 Å². The van der Waals surface area contributed by atoms with Crippen LogP contribution >= 0.6 is 23.2 Å². The van der Waals surface area contributed by atoms with Crippen molar-refractivity contribution in [1.29, 1.82) is 0 Å². The van der Waals surface area contributed by atoms with E-state index in [1.165, 1.54) is 18.5 Å². The zero-order chi connectivity index (χ0) is 22.3. The third kappa shape index (κ3) is 4.52. The Morgan fingerprint density at radius 3 is 2.65 bits per heavy atom. The van der Waals surface area contributed by atoms with Gasteiger partial charge in [-0.1, -0.05) is 29.3 Å². The molecule has 1 aromatic heterocycles. The van der Waals surface area contributed by atoms with Crippen molar-refractivity contribution in [2.75, 3.05) is 18.4 Å². The molecule has 2 aromatic carbocycles. The summed E-state index contributed by atoms with van der Waals surface area (Å²) in [6.45, 7) is 6.67. The molecule has 6 nitrogen and oxygen atoms in total. The van der Waals surface area contributed by atoms with Crippen LogP contribution in [0.15, 0.2) is 36.7 Å². The van der Waals surface area contributed by atoms with Crippen LogP contribution in [0, 0.1) is 5.82 Å². The number of fused-ring (bicyclic) bond motifs is 1. The summed E-state index contributed by atoms with van der Waals surface area (Å²) in [6.07, 6.45) is 1.10. The highest BCUT2D eigenvalue weighted by molar-refractivity contribution is 6.42. The first-order chi connectivity index (χ1) is 14.6. The summed E-state index contributed by atoms with van der Waals surface area (Å²) in [7, 11) is 0. The summed E-state index contributed by atoms with van der Waals surface area (Å²) in [6, 6.07) is 8.86. The molecule has 0 saturated carbocycles. The Hall–Kier alpha value is -2.64. The van der Waals surface area contributed by atoms with Gasteiger partial charge in [0.2, 0.25) is 0 Å². The van der Waals surface area contributed by atoms with Crippen LogP contribution in [0.1, 0.15) is 32.3 Å². The normalized spacial score (nSPS) is 14.5. The molecule has 3 aromatic rings. The second kappa shape index (κ2) is 8.13.